The summed E-state index contributed by atoms with van der Waals surface area (Å²) in [6, 6.07) is 35.7. The van der Waals surface area contributed by atoms with E-state index in [0.717, 1.165) is 30.5 Å². The highest BCUT2D eigenvalue weighted by molar-refractivity contribution is 6.00. The molecule has 0 aliphatic carbocycles. The zero-order valence-corrected chi connectivity index (χ0v) is 23.6. The monoisotopic (exact) mass is 533 g/mol. The minimum atomic E-state index is -0.200. The Kier molecular flexibility index (Phi) is 10.3. The molecule has 0 radical (unpaired) electrons. The second-order valence-corrected chi connectivity index (χ2v) is 10.4. The highest BCUT2D eigenvalue weighted by Crippen LogP contribution is 2.16. The lowest BCUT2D eigenvalue weighted by molar-refractivity contribution is 0.0934. The smallest absolute Gasteiger partial charge is 0.251 e. The summed E-state index contributed by atoms with van der Waals surface area (Å²) in [7, 11) is 0. The maximum absolute atomic E-state index is 13.5. The van der Waals surface area contributed by atoms with Crippen molar-refractivity contribution in [3.8, 4) is 0 Å². The van der Waals surface area contributed by atoms with E-state index in [1.54, 1.807) is 6.07 Å². The van der Waals surface area contributed by atoms with Gasteiger partial charge in [-0.3, -0.25) is 9.59 Å². The summed E-state index contributed by atoms with van der Waals surface area (Å²) in [5, 5.41) is 9.89. The van der Waals surface area contributed by atoms with Gasteiger partial charge in [-0.05, 0) is 80.6 Å². The van der Waals surface area contributed by atoms with Gasteiger partial charge in [-0.2, -0.15) is 0 Å². The summed E-state index contributed by atoms with van der Waals surface area (Å²) in [5.41, 5.74) is 5.26. The summed E-state index contributed by atoms with van der Waals surface area (Å²) in [6.45, 7) is 6.77. The Morgan fingerprint density at radius 1 is 0.650 bits per heavy atom. The van der Waals surface area contributed by atoms with Gasteiger partial charge in [0, 0.05) is 23.2 Å². The van der Waals surface area contributed by atoms with Crippen LogP contribution in [0.3, 0.4) is 0 Å². The van der Waals surface area contributed by atoms with E-state index < -0.39 is 0 Å². The first-order valence-electron chi connectivity index (χ1n) is 14.0. The SMILES string of the molecule is Cc1cc(C(=O)NC(C)c2ccccc2)cc(C(=O)N[C@H](CCN[C@@H](C)c2ccccc2)Cc2ccccc2)c1. The van der Waals surface area contributed by atoms with Gasteiger partial charge in [0.15, 0.2) is 0 Å². The lowest BCUT2D eigenvalue weighted by Gasteiger charge is -2.22. The number of amides is 2. The second kappa shape index (κ2) is 14.2. The third-order valence-electron chi connectivity index (χ3n) is 7.15. The summed E-state index contributed by atoms with van der Waals surface area (Å²) < 4.78 is 0. The largest absolute Gasteiger partial charge is 0.349 e. The molecule has 2 amide bonds. The van der Waals surface area contributed by atoms with E-state index >= 15 is 0 Å². The van der Waals surface area contributed by atoms with Gasteiger partial charge in [-0.1, -0.05) is 91.0 Å². The second-order valence-electron chi connectivity index (χ2n) is 10.4. The molecule has 4 aromatic rings. The van der Waals surface area contributed by atoms with Gasteiger partial charge < -0.3 is 16.0 Å². The summed E-state index contributed by atoms with van der Waals surface area (Å²) >= 11 is 0. The fourth-order valence-corrected chi connectivity index (χ4v) is 4.88. The van der Waals surface area contributed by atoms with Crippen molar-refractivity contribution >= 4 is 11.8 Å². The number of hydrogen-bond acceptors (Lipinski definition) is 3. The molecule has 206 valence electrons. The number of nitrogens with one attached hydrogen (secondary N) is 3. The predicted octanol–water partition coefficient (Wildman–Crippen LogP) is 6.57. The molecule has 3 atom stereocenters. The maximum Gasteiger partial charge on any atom is 0.251 e. The van der Waals surface area contributed by atoms with Crippen molar-refractivity contribution in [1.82, 2.24) is 16.0 Å². The minimum absolute atomic E-state index is 0.0683. The highest BCUT2D eigenvalue weighted by atomic mass is 16.2. The predicted molar refractivity (Wildman–Crippen MR) is 162 cm³/mol. The molecule has 1 unspecified atom stereocenters. The van der Waals surface area contributed by atoms with Crippen LogP contribution in [0.25, 0.3) is 0 Å². The zero-order valence-electron chi connectivity index (χ0n) is 23.6. The van der Waals surface area contributed by atoms with Crippen LogP contribution in [-0.2, 0) is 6.42 Å². The van der Waals surface area contributed by atoms with Crippen LogP contribution >= 0.6 is 0 Å². The van der Waals surface area contributed by atoms with Gasteiger partial charge in [0.05, 0.1) is 6.04 Å². The topological polar surface area (TPSA) is 70.2 Å². The van der Waals surface area contributed by atoms with Gasteiger partial charge in [-0.15, -0.1) is 0 Å². The zero-order chi connectivity index (χ0) is 28.3. The van der Waals surface area contributed by atoms with Crippen LogP contribution in [-0.4, -0.2) is 24.4 Å². The summed E-state index contributed by atoms with van der Waals surface area (Å²) in [4.78, 5) is 26.6. The van der Waals surface area contributed by atoms with Crippen LogP contribution in [0.2, 0.25) is 0 Å². The Balaban J connectivity index is 1.43. The quantitative estimate of drug-likeness (QED) is 0.193. The highest BCUT2D eigenvalue weighted by Gasteiger charge is 2.18. The molecule has 0 heterocycles. The molecule has 0 aliphatic rings. The van der Waals surface area contributed by atoms with E-state index in [4.69, 9.17) is 0 Å². The van der Waals surface area contributed by atoms with Gasteiger partial charge in [0.2, 0.25) is 0 Å². The van der Waals surface area contributed by atoms with E-state index in [0.29, 0.717) is 11.1 Å². The molecule has 0 saturated carbocycles. The Morgan fingerprint density at radius 2 is 1.15 bits per heavy atom. The normalized spacial score (nSPS) is 13.2. The standard InChI is InChI=1S/C35H39N3O2/c1-25-21-31(34(39)37-27(3)30-17-11-6-12-18-30)24-32(22-25)35(40)38-33(23-28-13-7-4-8-14-28)19-20-36-26(2)29-15-9-5-10-16-29/h4-18,21-22,24,26-27,33,36H,19-20,23H2,1-3H3,(H,37,39)(H,38,40)/t26-,27?,33+/m0/s1. The van der Waals surface area contributed by atoms with Crippen molar-refractivity contribution in [3.63, 3.8) is 0 Å². The van der Waals surface area contributed by atoms with E-state index in [2.05, 4.69) is 47.1 Å². The van der Waals surface area contributed by atoms with Crippen LogP contribution in [0.15, 0.2) is 109 Å². The lowest BCUT2D eigenvalue weighted by Crippen LogP contribution is -2.39. The third kappa shape index (κ3) is 8.39. The first kappa shape index (κ1) is 28.8. The molecule has 4 aromatic carbocycles. The van der Waals surface area contributed by atoms with Crippen LogP contribution < -0.4 is 16.0 Å². The molecule has 0 saturated heterocycles. The van der Waals surface area contributed by atoms with Crippen molar-refractivity contribution in [1.29, 1.82) is 0 Å². The molecule has 0 aliphatic heterocycles. The average molecular weight is 534 g/mol. The number of carbonyl (C=O) groups excluding carboxylic acids is 2. The molecule has 0 fully saturated rings. The molecule has 0 aromatic heterocycles. The van der Waals surface area contributed by atoms with E-state index in [9.17, 15) is 9.59 Å². The van der Waals surface area contributed by atoms with Crippen molar-refractivity contribution in [2.75, 3.05) is 6.54 Å². The third-order valence-corrected chi connectivity index (χ3v) is 7.15. The fraction of sp³-hybridized carbons (Fsp3) is 0.257. The molecule has 5 nitrogen and oxygen atoms in total. The van der Waals surface area contributed by atoms with Gasteiger partial charge in [-0.25, -0.2) is 0 Å². The average Bonchev–Trinajstić information content (AvgIpc) is 2.98. The van der Waals surface area contributed by atoms with Crippen LogP contribution in [0.1, 0.15) is 75.3 Å². The number of rotatable bonds is 12. The van der Waals surface area contributed by atoms with Crippen LogP contribution in [0.5, 0.6) is 0 Å². The number of aryl methyl sites for hydroxylation is 1. The molecular formula is C35H39N3O2. The first-order valence-corrected chi connectivity index (χ1v) is 14.0. The van der Waals surface area contributed by atoms with Crippen molar-refractivity contribution in [2.24, 2.45) is 0 Å². The van der Waals surface area contributed by atoms with Crippen molar-refractivity contribution in [2.45, 2.75) is 51.7 Å². The Bertz CT molecular complexity index is 1370. The summed E-state index contributed by atoms with van der Waals surface area (Å²) in [6.07, 6.45) is 1.49. The molecule has 40 heavy (non-hydrogen) atoms. The number of carbonyl (C=O) groups is 2. The van der Waals surface area contributed by atoms with Gasteiger partial charge >= 0.3 is 0 Å². The molecule has 0 spiro atoms. The van der Waals surface area contributed by atoms with Gasteiger partial charge in [0.1, 0.15) is 0 Å². The van der Waals surface area contributed by atoms with E-state index in [1.165, 1.54) is 11.1 Å². The van der Waals surface area contributed by atoms with Crippen LogP contribution in [0, 0.1) is 6.92 Å². The Labute approximate surface area is 238 Å². The molecule has 0 bridgehead atoms. The summed E-state index contributed by atoms with van der Waals surface area (Å²) in [5.74, 6) is -0.375. The number of benzene rings is 4. The molecule has 3 N–H and O–H groups in total. The van der Waals surface area contributed by atoms with Crippen molar-refractivity contribution < 1.29 is 9.59 Å². The van der Waals surface area contributed by atoms with Crippen LogP contribution in [0.4, 0.5) is 0 Å². The molecular weight excluding hydrogens is 494 g/mol. The molecule has 4 rings (SSSR count). The van der Waals surface area contributed by atoms with E-state index in [1.807, 2.05) is 92.7 Å². The number of hydrogen-bond donors (Lipinski definition) is 3. The van der Waals surface area contributed by atoms with Gasteiger partial charge in [0.25, 0.3) is 11.8 Å². The fourth-order valence-electron chi connectivity index (χ4n) is 4.88. The molecule has 5 heteroatoms. The lowest BCUT2D eigenvalue weighted by atomic mass is 10.0. The Morgan fingerprint density at radius 3 is 1.73 bits per heavy atom. The first-order chi connectivity index (χ1) is 19.4. The minimum Gasteiger partial charge on any atom is -0.349 e. The Hall–Kier alpha value is -4.22. The maximum atomic E-state index is 13.5. The van der Waals surface area contributed by atoms with E-state index in [-0.39, 0.29) is 29.9 Å². The van der Waals surface area contributed by atoms with Crippen molar-refractivity contribution in [3.05, 3.63) is 143 Å².